The maximum absolute atomic E-state index is 13.3. The van der Waals surface area contributed by atoms with Crippen LogP contribution in [0.25, 0.3) is 0 Å². The quantitative estimate of drug-likeness (QED) is 0.810. The average Bonchev–Trinajstić information content (AvgIpc) is 3.38. The molecule has 1 aliphatic heterocycles. The minimum absolute atomic E-state index is 0.0153. The monoisotopic (exact) mass is 371 g/mol. The Balaban J connectivity index is 1.52. The highest BCUT2D eigenvalue weighted by atomic mass is 16.5. The zero-order valence-electron chi connectivity index (χ0n) is 16.3. The molecule has 4 rings (SSSR count). The van der Waals surface area contributed by atoms with Gasteiger partial charge in [0.05, 0.1) is 30.6 Å². The smallest absolute Gasteiger partial charge is 0.272 e. The summed E-state index contributed by atoms with van der Waals surface area (Å²) in [7, 11) is 0. The normalized spacial score (nSPS) is 20.7. The molecule has 0 aromatic carbocycles. The number of hydrogen-bond donors (Lipinski definition) is 0. The molecule has 0 bridgehead atoms. The lowest BCUT2D eigenvalue weighted by Crippen LogP contribution is -2.38. The molecule has 1 unspecified atom stereocenters. The Morgan fingerprint density at radius 1 is 1.30 bits per heavy atom. The van der Waals surface area contributed by atoms with E-state index in [0.717, 1.165) is 18.0 Å². The van der Waals surface area contributed by atoms with Crippen molar-refractivity contribution >= 4 is 5.91 Å². The van der Waals surface area contributed by atoms with Crippen LogP contribution in [-0.2, 0) is 24.4 Å². The van der Waals surface area contributed by atoms with E-state index >= 15 is 0 Å². The van der Waals surface area contributed by atoms with E-state index in [1.807, 2.05) is 35.6 Å². The Morgan fingerprint density at radius 2 is 2.11 bits per heavy atom. The fraction of sp³-hybridized carbons (Fsp3) is 0.650. The van der Waals surface area contributed by atoms with Gasteiger partial charge in [-0.2, -0.15) is 10.2 Å². The molecule has 0 radical (unpaired) electrons. The molecule has 0 saturated heterocycles. The number of ether oxygens (including phenoxy) is 1. The second-order valence-corrected chi connectivity index (χ2v) is 7.78. The van der Waals surface area contributed by atoms with Gasteiger partial charge in [-0.05, 0) is 44.7 Å². The molecule has 3 heterocycles. The molecular formula is C20H29N5O2. The van der Waals surface area contributed by atoms with Gasteiger partial charge in [0.2, 0.25) is 0 Å². The third-order valence-electron chi connectivity index (χ3n) is 5.71. The van der Waals surface area contributed by atoms with Crippen molar-refractivity contribution in [3.8, 4) is 0 Å². The zero-order chi connectivity index (χ0) is 18.8. The fourth-order valence-corrected chi connectivity index (χ4v) is 4.25. The van der Waals surface area contributed by atoms with Crippen LogP contribution in [0.2, 0.25) is 0 Å². The number of amides is 1. The highest BCUT2D eigenvalue weighted by Crippen LogP contribution is 2.26. The van der Waals surface area contributed by atoms with Crippen molar-refractivity contribution in [3.05, 3.63) is 35.4 Å². The van der Waals surface area contributed by atoms with Gasteiger partial charge in [0.15, 0.2) is 0 Å². The molecule has 7 nitrogen and oxygen atoms in total. The minimum Gasteiger partial charge on any atom is -0.374 e. The molecule has 1 amide bonds. The average molecular weight is 371 g/mol. The number of aryl methyl sites for hydroxylation is 2. The van der Waals surface area contributed by atoms with E-state index in [2.05, 4.69) is 10.2 Å². The molecule has 146 valence electrons. The number of aromatic nitrogens is 4. The summed E-state index contributed by atoms with van der Waals surface area (Å²) in [4.78, 5) is 15.2. The van der Waals surface area contributed by atoms with E-state index in [1.54, 1.807) is 10.9 Å². The van der Waals surface area contributed by atoms with Gasteiger partial charge >= 0.3 is 0 Å². The van der Waals surface area contributed by atoms with E-state index in [0.29, 0.717) is 37.8 Å². The van der Waals surface area contributed by atoms with Crippen LogP contribution < -0.4 is 0 Å². The highest BCUT2D eigenvalue weighted by molar-refractivity contribution is 5.92. The van der Waals surface area contributed by atoms with Gasteiger partial charge in [-0.3, -0.25) is 14.2 Å². The summed E-state index contributed by atoms with van der Waals surface area (Å²) >= 11 is 0. The van der Waals surface area contributed by atoms with Gasteiger partial charge in [-0.15, -0.1) is 0 Å². The van der Waals surface area contributed by atoms with E-state index < -0.39 is 0 Å². The number of fused-ring (bicyclic) bond motifs is 1. The Hall–Kier alpha value is -2.15. The SMILES string of the molecule is CCn1nc(C)cc1C(=O)N1Cc2ccnn2CC(OCC2CCCC2)C1. The molecular weight excluding hydrogens is 342 g/mol. The van der Waals surface area contributed by atoms with Gasteiger partial charge in [0.25, 0.3) is 5.91 Å². The van der Waals surface area contributed by atoms with Crippen LogP contribution in [0.15, 0.2) is 18.3 Å². The third kappa shape index (κ3) is 3.93. The predicted octanol–water partition coefficient (Wildman–Crippen LogP) is 2.64. The molecule has 0 N–H and O–H groups in total. The second-order valence-electron chi connectivity index (χ2n) is 7.78. The lowest BCUT2D eigenvalue weighted by Gasteiger charge is -2.25. The number of carbonyl (C=O) groups excluding carboxylic acids is 1. The van der Waals surface area contributed by atoms with Crippen LogP contribution in [0.3, 0.4) is 0 Å². The van der Waals surface area contributed by atoms with Crippen molar-refractivity contribution in [1.82, 2.24) is 24.5 Å². The molecule has 0 spiro atoms. The first-order chi connectivity index (χ1) is 13.1. The maximum atomic E-state index is 13.3. The molecule has 1 atom stereocenters. The molecule has 2 aromatic rings. The fourth-order valence-electron chi connectivity index (χ4n) is 4.25. The summed E-state index contributed by atoms with van der Waals surface area (Å²) in [6.45, 7) is 7.24. The first-order valence-electron chi connectivity index (χ1n) is 10.1. The molecule has 1 fully saturated rings. The molecule has 1 saturated carbocycles. The van der Waals surface area contributed by atoms with Gasteiger partial charge in [0.1, 0.15) is 5.69 Å². The number of hydrogen-bond acceptors (Lipinski definition) is 4. The number of nitrogens with zero attached hydrogens (tertiary/aromatic N) is 5. The summed E-state index contributed by atoms with van der Waals surface area (Å²) < 4.78 is 10.0. The number of carbonyl (C=O) groups is 1. The van der Waals surface area contributed by atoms with E-state index in [-0.39, 0.29) is 12.0 Å². The topological polar surface area (TPSA) is 65.2 Å². The molecule has 2 aromatic heterocycles. The van der Waals surface area contributed by atoms with Crippen molar-refractivity contribution in [1.29, 1.82) is 0 Å². The molecule has 2 aliphatic rings. The van der Waals surface area contributed by atoms with Crippen molar-refractivity contribution < 1.29 is 9.53 Å². The van der Waals surface area contributed by atoms with Crippen molar-refractivity contribution in [2.24, 2.45) is 5.92 Å². The standard InChI is InChI=1S/C20H29N5O2/c1-3-24-19(10-15(2)22-24)20(26)23-11-17-8-9-21-25(17)13-18(12-23)27-14-16-6-4-5-7-16/h8-10,16,18H,3-7,11-14H2,1-2H3. The Bertz CT molecular complexity index is 790. The first kappa shape index (κ1) is 18.2. The van der Waals surface area contributed by atoms with Crippen LogP contribution in [0.1, 0.15) is 54.5 Å². The predicted molar refractivity (Wildman–Crippen MR) is 101 cm³/mol. The number of rotatable bonds is 5. The highest BCUT2D eigenvalue weighted by Gasteiger charge is 2.29. The van der Waals surface area contributed by atoms with Crippen LogP contribution >= 0.6 is 0 Å². The van der Waals surface area contributed by atoms with Crippen LogP contribution in [0.5, 0.6) is 0 Å². The summed E-state index contributed by atoms with van der Waals surface area (Å²) in [5.41, 5.74) is 2.57. The lowest BCUT2D eigenvalue weighted by molar-refractivity contribution is 0.00266. The Morgan fingerprint density at radius 3 is 2.89 bits per heavy atom. The maximum Gasteiger partial charge on any atom is 0.272 e. The molecule has 27 heavy (non-hydrogen) atoms. The van der Waals surface area contributed by atoms with Crippen LogP contribution in [0.4, 0.5) is 0 Å². The van der Waals surface area contributed by atoms with Gasteiger partial charge in [-0.25, -0.2) is 0 Å². The van der Waals surface area contributed by atoms with Crippen molar-refractivity contribution in [2.45, 2.75) is 65.3 Å². The van der Waals surface area contributed by atoms with E-state index in [1.165, 1.54) is 25.7 Å². The second kappa shape index (κ2) is 7.84. The lowest BCUT2D eigenvalue weighted by atomic mass is 10.1. The Labute approximate surface area is 160 Å². The summed E-state index contributed by atoms with van der Waals surface area (Å²) in [5, 5.41) is 8.86. The summed E-state index contributed by atoms with van der Waals surface area (Å²) in [6, 6.07) is 3.87. The zero-order valence-corrected chi connectivity index (χ0v) is 16.3. The Kier molecular flexibility index (Phi) is 5.29. The van der Waals surface area contributed by atoms with E-state index in [4.69, 9.17) is 4.74 Å². The van der Waals surface area contributed by atoms with Crippen LogP contribution in [0, 0.1) is 12.8 Å². The van der Waals surface area contributed by atoms with Crippen molar-refractivity contribution in [2.75, 3.05) is 13.2 Å². The van der Waals surface area contributed by atoms with Gasteiger partial charge in [0, 0.05) is 25.9 Å². The third-order valence-corrected chi connectivity index (χ3v) is 5.71. The first-order valence-corrected chi connectivity index (χ1v) is 10.1. The van der Waals surface area contributed by atoms with E-state index in [9.17, 15) is 4.79 Å². The van der Waals surface area contributed by atoms with Gasteiger partial charge < -0.3 is 9.64 Å². The summed E-state index contributed by atoms with van der Waals surface area (Å²) in [5.74, 6) is 0.681. The minimum atomic E-state index is -0.0326. The van der Waals surface area contributed by atoms with Gasteiger partial charge in [-0.1, -0.05) is 12.8 Å². The molecule has 7 heteroatoms. The summed E-state index contributed by atoms with van der Waals surface area (Å²) in [6.07, 6.45) is 6.92. The van der Waals surface area contributed by atoms with Crippen molar-refractivity contribution in [3.63, 3.8) is 0 Å². The largest absolute Gasteiger partial charge is 0.374 e. The van der Waals surface area contributed by atoms with Crippen LogP contribution in [-0.4, -0.2) is 49.6 Å². The molecule has 1 aliphatic carbocycles.